The van der Waals surface area contributed by atoms with Gasteiger partial charge in [0.05, 0.1) is 11.9 Å². The Morgan fingerprint density at radius 3 is 2.83 bits per heavy atom. The molecule has 0 unspecified atom stereocenters. The Kier molecular flexibility index (Phi) is 6.53. The molecule has 3 rings (SSSR count). The van der Waals surface area contributed by atoms with E-state index in [1.807, 2.05) is 0 Å². The Balaban J connectivity index is 1.65. The lowest BCUT2D eigenvalue weighted by Gasteiger charge is -2.35. The number of aryl methyl sites for hydroxylation is 1. The number of benzene rings is 1. The van der Waals surface area contributed by atoms with Crippen molar-refractivity contribution in [3.63, 3.8) is 0 Å². The number of nitrogens with one attached hydrogen (secondary N) is 1. The number of hydrogen-bond acceptors (Lipinski definition) is 4. The quantitative estimate of drug-likeness (QED) is 0.585. The van der Waals surface area contributed by atoms with Crippen molar-refractivity contribution >= 4 is 29.2 Å². The molecule has 11 heteroatoms. The van der Waals surface area contributed by atoms with E-state index in [-0.39, 0.29) is 24.7 Å². The van der Waals surface area contributed by atoms with E-state index in [0.717, 1.165) is 5.69 Å². The molecule has 29 heavy (non-hydrogen) atoms. The molecular weight excluding hydrogens is 406 g/mol. The molecule has 2 heterocycles. The molecule has 2 aromatic rings. The van der Waals surface area contributed by atoms with Gasteiger partial charge in [0, 0.05) is 50.5 Å². The minimum Gasteiger partial charge on any atom is -0.434 e. The number of aliphatic imine (C=N–C) groups is 1. The van der Waals surface area contributed by atoms with Gasteiger partial charge in [-0.2, -0.15) is 13.9 Å². The van der Waals surface area contributed by atoms with Crippen LogP contribution in [0.25, 0.3) is 0 Å². The zero-order valence-electron chi connectivity index (χ0n) is 16.0. The van der Waals surface area contributed by atoms with Gasteiger partial charge in [-0.15, -0.1) is 0 Å². The van der Waals surface area contributed by atoms with E-state index in [1.54, 1.807) is 47.0 Å². The summed E-state index contributed by atoms with van der Waals surface area (Å²) in [5, 5.41) is 7.57. The third-order valence-corrected chi connectivity index (χ3v) is 4.65. The van der Waals surface area contributed by atoms with Crippen LogP contribution in [0.15, 0.2) is 35.6 Å². The van der Waals surface area contributed by atoms with Crippen molar-refractivity contribution in [3.05, 3.63) is 41.2 Å². The second-order valence-electron chi connectivity index (χ2n) is 6.37. The molecule has 0 spiro atoms. The first-order valence-corrected chi connectivity index (χ1v) is 9.23. The molecule has 0 atom stereocenters. The normalized spacial score (nSPS) is 15.2. The highest BCUT2D eigenvalue weighted by Crippen LogP contribution is 2.24. The summed E-state index contributed by atoms with van der Waals surface area (Å²) in [5.74, 6) is 0.425. The van der Waals surface area contributed by atoms with Crippen LogP contribution in [-0.2, 0) is 18.4 Å². The van der Waals surface area contributed by atoms with Gasteiger partial charge < -0.3 is 19.9 Å². The smallest absolute Gasteiger partial charge is 0.387 e. The molecule has 1 amide bonds. The van der Waals surface area contributed by atoms with Gasteiger partial charge in [-0.3, -0.25) is 14.5 Å². The maximum Gasteiger partial charge on any atom is 0.387 e. The zero-order valence-corrected chi connectivity index (χ0v) is 16.7. The van der Waals surface area contributed by atoms with Gasteiger partial charge in [-0.05, 0) is 18.2 Å². The summed E-state index contributed by atoms with van der Waals surface area (Å²) in [7, 11) is 3.38. The number of alkyl halides is 2. The first-order valence-electron chi connectivity index (χ1n) is 8.85. The molecular formula is C18H21ClF2N6O2. The zero-order chi connectivity index (χ0) is 21.0. The van der Waals surface area contributed by atoms with E-state index in [4.69, 9.17) is 11.6 Å². The highest BCUT2D eigenvalue weighted by atomic mass is 35.5. The van der Waals surface area contributed by atoms with Crippen molar-refractivity contribution in [2.45, 2.75) is 13.2 Å². The van der Waals surface area contributed by atoms with Crippen molar-refractivity contribution in [2.24, 2.45) is 12.0 Å². The first-order chi connectivity index (χ1) is 13.9. The van der Waals surface area contributed by atoms with Gasteiger partial charge in [0.15, 0.2) is 5.96 Å². The van der Waals surface area contributed by atoms with Crippen molar-refractivity contribution in [1.82, 2.24) is 20.0 Å². The Bertz CT molecular complexity index is 904. The number of nitrogens with zero attached hydrogens (tertiary/aromatic N) is 5. The molecule has 0 saturated carbocycles. The number of guanidine groups is 1. The number of ether oxygens (including phenoxy) is 1. The van der Waals surface area contributed by atoms with Crippen molar-refractivity contribution in [1.29, 1.82) is 0 Å². The highest BCUT2D eigenvalue weighted by Gasteiger charge is 2.27. The second-order valence-corrected chi connectivity index (χ2v) is 6.81. The Hall–Kier alpha value is -2.88. The Labute approximate surface area is 171 Å². The van der Waals surface area contributed by atoms with E-state index in [9.17, 15) is 13.6 Å². The molecule has 0 radical (unpaired) electrons. The van der Waals surface area contributed by atoms with E-state index < -0.39 is 6.61 Å². The van der Waals surface area contributed by atoms with Gasteiger partial charge >= 0.3 is 6.61 Å². The number of carbonyl (C=O) groups is 1. The Morgan fingerprint density at radius 2 is 2.21 bits per heavy atom. The highest BCUT2D eigenvalue weighted by molar-refractivity contribution is 6.30. The van der Waals surface area contributed by atoms with Gasteiger partial charge in [0.1, 0.15) is 12.3 Å². The third kappa shape index (κ3) is 5.14. The summed E-state index contributed by atoms with van der Waals surface area (Å²) in [4.78, 5) is 20.2. The summed E-state index contributed by atoms with van der Waals surface area (Å²) < 4.78 is 31.4. The van der Waals surface area contributed by atoms with Crippen LogP contribution in [-0.4, -0.2) is 59.8 Å². The molecule has 8 nitrogen and oxygen atoms in total. The molecule has 1 fully saturated rings. The molecule has 1 aromatic carbocycles. The van der Waals surface area contributed by atoms with E-state index in [2.05, 4.69) is 20.1 Å². The van der Waals surface area contributed by atoms with Gasteiger partial charge in [0.25, 0.3) is 0 Å². The van der Waals surface area contributed by atoms with Crippen LogP contribution in [0.4, 0.5) is 14.5 Å². The minimum absolute atomic E-state index is 0.0322. The number of hydrogen-bond donors (Lipinski definition) is 1. The standard InChI is InChI=1S/C18H21ClF2N6O2/c1-22-18(23-8-12-7-13(19)3-4-15(12)29-17(20)21)26-5-6-27(16(28)11-26)14-9-24-25(2)10-14/h3-4,7,9-10,17H,5-6,8,11H2,1-2H3,(H,22,23). The fourth-order valence-corrected chi connectivity index (χ4v) is 3.27. The lowest BCUT2D eigenvalue weighted by atomic mass is 10.2. The summed E-state index contributed by atoms with van der Waals surface area (Å²) in [6, 6.07) is 4.42. The topological polar surface area (TPSA) is 75.0 Å². The average molecular weight is 427 g/mol. The van der Waals surface area contributed by atoms with Crippen molar-refractivity contribution < 1.29 is 18.3 Å². The van der Waals surface area contributed by atoms with Crippen LogP contribution in [0.2, 0.25) is 5.02 Å². The van der Waals surface area contributed by atoms with Crippen LogP contribution in [0.1, 0.15) is 5.56 Å². The van der Waals surface area contributed by atoms with Crippen LogP contribution in [0, 0.1) is 0 Å². The number of halogens is 3. The maximum atomic E-state index is 12.6. The van der Waals surface area contributed by atoms with Gasteiger partial charge in [-0.1, -0.05) is 11.6 Å². The average Bonchev–Trinajstić information content (AvgIpc) is 3.10. The molecule has 156 valence electrons. The summed E-state index contributed by atoms with van der Waals surface area (Å²) in [5.41, 5.74) is 1.20. The SMILES string of the molecule is CN=C(NCc1cc(Cl)ccc1OC(F)F)N1CCN(c2cnn(C)c2)C(=O)C1. The van der Waals surface area contributed by atoms with Crippen LogP contribution < -0.4 is 15.0 Å². The molecule has 0 bridgehead atoms. The fourth-order valence-electron chi connectivity index (χ4n) is 3.08. The number of rotatable bonds is 5. The monoisotopic (exact) mass is 426 g/mol. The summed E-state index contributed by atoms with van der Waals surface area (Å²) >= 11 is 5.98. The van der Waals surface area contributed by atoms with Crippen LogP contribution in [0.5, 0.6) is 5.75 Å². The van der Waals surface area contributed by atoms with Crippen LogP contribution >= 0.6 is 11.6 Å². The van der Waals surface area contributed by atoms with Crippen molar-refractivity contribution in [2.75, 3.05) is 31.6 Å². The third-order valence-electron chi connectivity index (χ3n) is 4.41. The summed E-state index contributed by atoms with van der Waals surface area (Å²) in [6.07, 6.45) is 3.43. The lowest BCUT2D eigenvalue weighted by molar-refractivity contribution is -0.120. The fraction of sp³-hybridized carbons (Fsp3) is 0.389. The maximum absolute atomic E-state index is 12.6. The Morgan fingerprint density at radius 1 is 1.41 bits per heavy atom. The number of carbonyl (C=O) groups excluding carboxylic acids is 1. The lowest BCUT2D eigenvalue weighted by Crippen LogP contribution is -2.55. The molecule has 1 N–H and O–H groups in total. The van der Waals surface area contributed by atoms with Gasteiger partial charge in [0.2, 0.25) is 5.91 Å². The number of anilines is 1. The van der Waals surface area contributed by atoms with E-state index in [1.165, 1.54) is 12.1 Å². The van der Waals surface area contributed by atoms with E-state index >= 15 is 0 Å². The van der Waals surface area contributed by atoms with Crippen LogP contribution in [0.3, 0.4) is 0 Å². The molecule has 1 saturated heterocycles. The predicted molar refractivity (Wildman–Crippen MR) is 105 cm³/mol. The largest absolute Gasteiger partial charge is 0.434 e. The molecule has 1 aliphatic rings. The first kappa shape index (κ1) is 20.8. The second kappa shape index (κ2) is 9.08. The van der Waals surface area contributed by atoms with Gasteiger partial charge in [-0.25, -0.2) is 0 Å². The number of piperazine rings is 1. The minimum atomic E-state index is -2.94. The number of aromatic nitrogens is 2. The number of amides is 1. The molecule has 0 aliphatic carbocycles. The molecule has 1 aliphatic heterocycles. The van der Waals surface area contributed by atoms with Crippen molar-refractivity contribution in [3.8, 4) is 5.75 Å². The predicted octanol–water partition coefficient (Wildman–Crippen LogP) is 2.10. The van der Waals surface area contributed by atoms with E-state index in [0.29, 0.717) is 29.6 Å². The molecule has 1 aromatic heterocycles. The summed E-state index contributed by atoms with van der Waals surface area (Å²) in [6.45, 7) is -1.62.